The fraction of sp³-hybridized carbons (Fsp3) is 0.556. The van der Waals surface area contributed by atoms with E-state index >= 15 is 0 Å². The van der Waals surface area contributed by atoms with E-state index in [0.29, 0.717) is 18.3 Å². The monoisotopic (exact) mass is 373 g/mol. The molecule has 26 heavy (non-hydrogen) atoms. The molecule has 1 aliphatic rings. The molecule has 1 saturated heterocycles. The van der Waals surface area contributed by atoms with Crippen molar-refractivity contribution in [3.63, 3.8) is 0 Å². The fourth-order valence-electron chi connectivity index (χ4n) is 3.50. The van der Waals surface area contributed by atoms with Crippen molar-refractivity contribution >= 4 is 22.2 Å². The van der Waals surface area contributed by atoms with Crippen LogP contribution in [0.3, 0.4) is 0 Å². The summed E-state index contributed by atoms with van der Waals surface area (Å²) in [5.41, 5.74) is 1.38. The van der Waals surface area contributed by atoms with E-state index < -0.39 is 0 Å². The predicted molar refractivity (Wildman–Crippen MR) is 99.1 cm³/mol. The van der Waals surface area contributed by atoms with Crippen LogP contribution in [0.5, 0.6) is 0 Å². The zero-order valence-corrected chi connectivity index (χ0v) is 16.3. The number of imidazole rings is 1. The standard InChI is InChI=1S/C18H23N5O2S/c1-11-13(23-8-9-26-17(23)19-11)14-20-15(25-21-14)12-6-5-7-22(10-12)16(24)18(2,3)4/h8-9,12H,5-7,10H2,1-4H3. The molecule has 4 rings (SSSR count). The molecule has 1 aliphatic heterocycles. The quantitative estimate of drug-likeness (QED) is 0.687. The van der Waals surface area contributed by atoms with Crippen LogP contribution < -0.4 is 0 Å². The van der Waals surface area contributed by atoms with Gasteiger partial charge in [-0.1, -0.05) is 25.9 Å². The van der Waals surface area contributed by atoms with E-state index in [2.05, 4.69) is 15.1 Å². The van der Waals surface area contributed by atoms with E-state index in [9.17, 15) is 4.79 Å². The van der Waals surface area contributed by atoms with Crippen molar-refractivity contribution in [2.45, 2.75) is 46.5 Å². The maximum Gasteiger partial charge on any atom is 0.231 e. The van der Waals surface area contributed by atoms with Crippen LogP contribution in [0.4, 0.5) is 0 Å². The molecule has 3 aromatic rings. The zero-order chi connectivity index (χ0) is 18.5. The van der Waals surface area contributed by atoms with Crippen LogP contribution in [-0.4, -0.2) is 43.4 Å². The van der Waals surface area contributed by atoms with Gasteiger partial charge in [0.25, 0.3) is 0 Å². The predicted octanol–water partition coefficient (Wildman–Crippen LogP) is 3.51. The lowest BCUT2D eigenvalue weighted by atomic mass is 9.91. The van der Waals surface area contributed by atoms with E-state index in [0.717, 1.165) is 35.7 Å². The van der Waals surface area contributed by atoms with Gasteiger partial charge in [-0.15, -0.1) is 11.3 Å². The second kappa shape index (κ2) is 6.19. The molecule has 1 unspecified atom stereocenters. The topological polar surface area (TPSA) is 76.5 Å². The average molecular weight is 373 g/mol. The lowest BCUT2D eigenvalue weighted by Gasteiger charge is -2.35. The lowest BCUT2D eigenvalue weighted by molar-refractivity contribution is -0.140. The van der Waals surface area contributed by atoms with Crippen molar-refractivity contribution < 1.29 is 9.32 Å². The van der Waals surface area contributed by atoms with Gasteiger partial charge in [0.05, 0.1) is 11.6 Å². The van der Waals surface area contributed by atoms with Gasteiger partial charge in [-0.2, -0.15) is 4.98 Å². The van der Waals surface area contributed by atoms with Gasteiger partial charge in [0.1, 0.15) is 5.69 Å². The summed E-state index contributed by atoms with van der Waals surface area (Å²) in [5, 5.41) is 6.19. The first-order valence-corrected chi connectivity index (χ1v) is 9.78. The normalized spacial score (nSPS) is 18.6. The van der Waals surface area contributed by atoms with Crippen LogP contribution in [0.15, 0.2) is 16.1 Å². The summed E-state index contributed by atoms with van der Waals surface area (Å²) >= 11 is 1.58. The van der Waals surface area contributed by atoms with Crippen molar-refractivity contribution in [2.75, 3.05) is 13.1 Å². The molecule has 138 valence electrons. The Kier molecular flexibility index (Phi) is 4.10. The number of fused-ring (bicyclic) bond motifs is 1. The summed E-state index contributed by atoms with van der Waals surface area (Å²) in [6.07, 6.45) is 3.87. The molecular weight excluding hydrogens is 350 g/mol. The van der Waals surface area contributed by atoms with Gasteiger partial charge in [-0.25, -0.2) is 4.98 Å². The molecule has 0 bridgehead atoms. The maximum absolute atomic E-state index is 12.6. The number of hydrogen-bond donors (Lipinski definition) is 0. The third-order valence-corrected chi connectivity index (χ3v) is 5.55. The van der Waals surface area contributed by atoms with Gasteiger partial charge >= 0.3 is 0 Å². The lowest BCUT2D eigenvalue weighted by Crippen LogP contribution is -2.44. The summed E-state index contributed by atoms with van der Waals surface area (Å²) in [5.74, 6) is 1.43. The third kappa shape index (κ3) is 2.92. The Hall–Kier alpha value is -2.22. The molecule has 8 heteroatoms. The highest BCUT2D eigenvalue weighted by Crippen LogP contribution is 2.31. The Morgan fingerprint density at radius 3 is 2.92 bits per heavy atom. The highest BCUT2D eigenvalue weighted by atomic mass is 32.1. The summed E-state index contributed by atoms with van der Waals surface area (Å²) in [7, 11) is 0. The summed E-state index contributed by atoms with van der Waals surface area (Å²) < 4.78 is 7.58. The molecule has 0 radical (unpaired) electrons. The molecule has 0 N–H and O–H groups in total. The number of rotatable bonds is 2. The number of hydrogen-bond acceptors (Lipinski definition) is 6. The van der Waals surface area contributed by atoms with Gasteiger partial charge in [0.15, 0.2) is 4.96 Å². The molecule has 1 fully saturated rings. The van der Waals surface area contributed by atoms with Gasteiger partial charge < -0.3 is 9.42 Å². The first kappa shape index (κ1) is 17.2. The number of carbonyl (C=O) groups is 1. The number of aromatic nitrogens is 4. The average Bonchev–Trinajstić information content (AvgIpc) is 3.29. The van der Waals surface area contributed by atoms with Gasteiger partial charge in [-0.05, 0) is 19.8 Å². The maximum atomic E-state index is 12.6. The van der Waals surface area contributed by atoms with Crippen LogP contribution in [0.1, 0.15) is 51.1 Å². The Morgan fingerprint density at radius 1 is 1.35 bits per heavy atom. The smallest absolute Gasteiger partial charge is 0.231 e. The molecule has 0 aromatic carbocycles. The van der Waals surface area contributed by atoms with E-state index in [-0.39, 0.29) is 17.2 Å². The van der Waals surface area contributed by atoms with E-state index in [1.807, 2.05) is 48.6 Å². The van der Waals surface area contributed by atoms with E-state index in [4.69, 9.17) is 4.52 Å². The Balaban J connectivity index is 1.59. The minimum atomic E-state index is -0.374. The second-order valence-electron chi connectivity index (χ2n) is 7.90. The Labute approximate surface area is 156 Å². The third-order valence-electron chi connectivity index (χ3n) is 4.79. The minimum Gasteiger partial charge on any atom is -0.341 e. The largest absolute Gasteiger partial charge is 0.341 e. The number of aryl methyl sites for hydroxylation is 1. The molecule has 0 saturated carbocycles. The first-order valence-electron chi connectivity index (χ1n) is 8.90. The molecule has 4 heterocycles. The number of likely N-dealkylation sites (tertiary alicyclic amines) is 1. The number of thiazole rings is 1. The highest BCUT2D eigenvalue weighted by molar-refractivity contribution is 7.15. The molecule has 1 amide bonds. The van der Waals surface area contributed by atoms with Crippen LogP contribution in [-0.2, 0) is 4.79 Å². The summed E-state index contributed by atoms with van der Waals surface area (Å²) in [6, 6.07) is 0. The molecule has 3 aromatic heterocycles. The minimum absolute atomic E-state index is 0.0856. The number of amides is 1. The highest BCUT2D eigenvalue weighted by Gasteiger charge is 2.33. The van der Waals surface area contributed by atoms with E-state index in [1.165, 1.54) is 0 Å². The van der Waals surface area contributed by atoms with Gasteiger partial charge in [0.2, 0.25) is 17.6 Å². The van der Waals surface area contributed by atoms with Gasteiger partial charge in [-0.3, -0.25) is 9.20 Å². The SMILES string of the molecule is Cc1nc2sccn2c1-c1noc(C2CCCN(C(=O)C(C)(C)C)C2)n1. The zero-order valence-electron chi connectivity index (χ0n) is 15.5. The number of carbonyl (C=O) groups excluding carboxylic acids is 1. The van der Waals surface area contributed by atoms with Crippen LogP contribution >= 0.6 is 11.3 Å². The second-order valence-corrected chi connectivity index (χ2v) is 8.77. The number of nitrogens with zero attached hydrogens (tertiary/aromatic N) is 5. The van der Waals surface area contributed by atoms with Gasteiger partial charge in [0, 0.05) is 30.1 Å². The summed E-state index contributed by atoms with van der Waals surface area (Å²) in [4.78, 5) is 24.6. The Bertz CT molecular complexity index is 948. The molecule has 0 spiro atoms. The fourth-order valence-corrected chi connectivity index (χ4v) is 4.26. The van der Waals surface area contributed by atoms with Crippen LogP contribution in [0, 0.1) is 12.3 Å². The Morgan fingerprint density at radius 2 is 2.15 bits per heavy atom. The van der Waals surface area contributed by atoms with E-state index in [1.54, 1.807) is 11.3 Å². The van der Waals surface area contributed by atoms with Crippen molar-refractivity contribution in [2.24, 2.45) is 5.41 Å². The van der Waals surface area contributed by atoms with Crippen LogP contribution in [0.2, 0.25) is 0 Å². The van der Waals surface area contributed by atoms with Crippen molar-refractivity contribution in [1.82, 2.24) is 24.4 Å². The molecule has 0 aliphatic carbocycles. The van der Waals surface area contributed by atoms with Crippen molar-refractivity contribution in [3.8, 4) is 11.5 Å². The van der Waals surface area contributed by atoms with Crippen molar-refractivity contribution in [1.29, 1.82) is 0 Å². The van der Waals surface area contributed by atoms with Crippen molar-refractivity contribution in [3.05, 3.63) is 23.2 Å². The number of piperidine rings is 1. The summed E-state index contributed by atoms with van der Waals surface area (Å²) in [6.45, 7) is 9.26. The molecule has 7 nitrogen and oxygen atoms in total. The first-order chi connectivity index (χ1) is 12.3. The molecular formula is C18H23N5O2S. The molecule has 1 atom stereocenters. The van der Waals surface area contributed by atoms with Crippen LogP contribution in [0.25, 0.3) is 16.5 Å².